The maximum atomic E-state index is 11.5. The molecule has 1 aromatic rings. The van der Waals surface area contributed by atoms with E-state index in [1.807, 2.05) is 17.4 Å². The monoisotopic (exact) mass is 206 g/mol. The van der Waals surface area contributed by atoms with E-state index in [2.05, 4.69) is 0 Å². The minimum absolute atomic E-state index is 0.248. The third-order valence-corrected chi connectivity index (χ3v) is 2.26. The zero-order chi connectivity index (χ0) is 10.8. The summed E-state index contributed by atoms with van der Waals surface area (Å²) in [7, 11) is 0. The molecule has 78 valence electrons. The van der Waals surface area contributed by atoms with Crippen LogP contribution in [0.4, 0.5) is 4.79 Å². The maximum absolute atomic E-state index is 11.5. The Labute approximate surface area is 86.2 Å². The molecule has 3 amide bonds. The molecule has 15 heavy (non-hydrogen) atoms. The van der Waals surface area contributed by atoms with Gasteiger partial charge < -0.3 is 10.5 Å². The molecular formula is C10H10N2O3. The van der Waals surface area contributed by atoms with Crippen LogP contribution in [0.15, 0.2) is 24.3 Å². The molecule has 0 saturated heterocycles. The van der Waals surface area contributed by atoms with Crippen LogP contribution in [0.3, 0.4) is 0 Å². The van der Waals surface area contributed by atoms with Gasteiger partial charge in [0.1, 0.15) is 18.3 Å². The van der Waals surface area contributed by atoms with Gasteiger partial charge in [-0.05, 0) is 6.07 Å². The number of fused-ring (bicyclic) bond motifs is 1. The van der Waals surface area contributed by atoms with Crippen LogP contribution in [0.25, 0.3) is 0 Å². The van der Waals surface area contributed by atoms with Crippen molar-refractivity contribution in [2.24, 2.45) is 5.73 Å². The number of carbonyl (C=O) groups is 2. The number of hydrogen-bond donors (Lipinski definition) is 2. The van der Waals surface area contributed by atoms with Gasteiger partial charge >= 0.3 is 6.03 Å². The third kappa shape index (κ3) is 1.76. The van der Waals surface area contributed by atoms with E-state index in [4.69, 9.17) is 10.5 Å². The zero-order valence-corrected chi connectivity index (χ0v) is 7.90. The molecule has 0 radical (unpaired) electrons. The first-order valence-corrected chi connectivity index (χ1v) is 4.50. The van der Waals surface area contributed by atoms with Crippen molar-refractivity contribution in [3.8, 4) is 5.75 Å². The molecule has 2 rings (SSSR count). The fourth-order valence-electron chi connectivity index (χ4n) is 1.59. The largest absolute Gasteiger partial charge is 0.492 e. The van der Waals surface area contributed by atoms with Crippen LogP contribution in [0.5, 0.6) is 5.75 Å². The Morgan fingerprint density at radius 3 is 2.87 bits per heavy atom. The summed E-state index contributed by atoms with van der Waals surface area (Å²) in [6.07, 6.45) is 0. The van der Waals surface area contributed by atoms with Crippen LogP contribution in [0, 0.1) is 0 Å². The van der Waals surface area contributed by atoms with E-state index in [1.54, 1.807) is 12.1 Å². The smallest absolute Gasteiger partial charge is 0.318 e. The van der Waals surface area contributed by atoms with E-state index in [0.717, 1.165) is 5.56 Å². The van der Waals surface area contributed by atoms with Crippen molar-refractivity contribution < 1.29 is 14.3 Å². The Balaban J connectivity index is 2.20. The van der Waals surface area contributed by atoms with Gasteiger partial charge in [-0.15, -0.1) is 0 Å². The molecule has 0 fully saturated rings. The van der Waals surface area contributed by atoms with Crippen LogP contribution in [0.1, 0.15) is 11.5 Å². The predicted octanol–water partition coefficient (Wildman–Crippen LogP) is 0.357. The van der Waals surface area contributed by atoms with E-state index in [9.17, 15) is 9.59 Å². The normalized spacial score (nSPS) is 17.7. The summed E-state index contributed by atoms with van der Waals surface area (Å²) in [5.41, 5.74) is 5.66. The summed E-state index contributed by atoms with van der Waals surface area (Å²) < 4.78 is 5.30. The fraction of sp³-hybridized carbons (Fsp3) is 0.200. The number of ether oxygens (including phenoxy) is 1. The van der Waals surface area contributed by atoms with E-state index >= 15 is 0 Å². The number of primary amides is 1. The molecule has 1 atom stereocenters. The molecule has 0 aliphatic carbocycles. The number of nitrogens with one attached hydrogen (secondary N) is 1. The molecule has 5 nitrogen and oxygen atoms in total. The van der Waals surface area contributed by atoms with Crippen molar-refractivity contribution in [3.63, 3.8) is 0 Å². The molecular weight excluding hydrogens is 196 g/mol. The van der Waals surface area contributed by atoms with Crippen molar-refractivity contribution in [1.82, 2.24) is 5.32 Å². The first kappa shape index (κ1) is 9.51. The molecule has 0 spiro atoms. The van der Waals surface area contributed by atoms with Crippen molar-refractivity contribution in [1.29, 1.82) is 0 Å². The lowest BCUT2D eigenvalue weighted by atomic mass is 10.0. The standard InChI is InChI=1S/C10H10N2O3/c11-10(14)12-9(13)7-5-15-8-4-2-1-3-6(7)8/h1-4,7H,5H2,(H3,11,12,13,14). The van der Waals surface area contributed by atoms with Crippen molar-refractivity contribution >= 4 is 11.9 Å². The van der Waals surface area contributed by atoms with Gasteiger partial charge in [-0.2, -0.15) is 0 Å². The van der Waals surface area contributed by atoms with Gasteiger partial charge in [0.15, 0.2) is 0 Å². The highest BCUT2D eigenvalue weighted by molar-refractivity contribution is 5.97. The summed E-state index contributed by atoms with van der Waals surface area (Å²) >= 11 is 0. The molecule has 1 unspecified atom stereocenters. The Bertz CT molecular complexity index is 417. The Kier molecular flexibility index (Phi) is 2.29. The number of amides is 3. The predicted molar refractivity (Wildman–Crippen MR) is 52.4 cm³/mol. The van der Waals surface area contributed by atoms with Gasteiger partial charge in [0.25, 0.3) is 0 Å². The second-order valence-electron chi connectivity index (χ2n) is 3.25. The summed E-state index contributed by atoms with van der Waals surface area (Å²) in [5, 5.41) is 2.05. The van der Waals surface area contributed by atoms with Crippen molar-refractivity contribution in [2.45, 2.75) is 5.92 Å². The van der Waals surface area contributed by atoms with E-state index in [0.29, 0.717) is 5.75 Å². The van der Waals surface area contributed by atoms with Gasteiger partial charge in [0.05, 0.1) is 0 Å². The van der Waals surface area contributed by atoms with Gasteiger partial charge in [-0.3, -0.25) is 10.1 Å². The molecule has 3 N–H and O–H groups in total. The quantitative estimate of drug-likeness (QED) is 0.696. The van der Waals surface area contributed by atoms with Gasteiger partial charge in [0, 0.05) is 5.56 Å². The molecule has 5 heteroatoms. The number of carbonyl (C=O) groups excluding carboxylic acids is 2. The second-order valence-corrected chi connectivity index (χ2v) is 3.25. The summed E-state index contributed by atoms with van der Waals surface area (Å²) in [6, 6.07) is 6.38. The van der Waals surface area contributed by atoms with E-state index < -0.39 is 17.9 Å². The highest BCUT2D eigenvalue weighted by Crippen LogP contribution is 2.33. The SMILES string of the molecule is NC(=O)NC(=O)C1COc2ccccc21. The Morgan fingerprint density at radius 2 is 2.13 bits per heavy atom. The van der Waals surface area contributed by atoms with E-state index in [1.165, 1.54) is 0 Å². The molecule has 0 aromatic heterocycles. The molecule has 1 heterocycles. The number of para-hydroxylation sites is 1. The highest BCUT2D eigenvalue weighted by atomic mass is 16.5. The maximum Gasteiger partial charge on any atom is 0.318 e. The van der Waals surface area contributed by atoms with E-state index in [-0.39, 0.29) is 6.61 Å². The number of hydrogen-bond acceptors (Lipinski definition) is 3. The fourth-order valence-corrected chi connectivity index (χ4v) is 1.59. The first-order chi connectivity index (χ1) is 7.18. The van der Waals surface area contributed by atoms with Gasteiger partial charge in [-0.25, -0.2) is 4.79 Å². The van der Waals surface area contributed by atoms with Crippen LogP contribution in [0.2, 0.25) is 0 Å². The average Bonchev–Trinajstić information content (AvgIpc) is 2.59. The molecule has 0 saturated carbocycles. The second kappa shape index (κ2) is 3.61. The molecule has 1 aliphatic heterocycles. The zero-order valence-electron chi connectivity index (χ0n) is 7.90. The summed E-state index contributed by atoms with van der Waals surface area (Å²) in [4.78, 5) is 22.1. The first-order valence-electron chi connectivity index (χ1n) is 4.50. The number of urea groups is 1. The minimum atomic E-state index is -0.843. The Hall–Kier alpha value is -2.04. The topological polar surface area (TPSA) is 81.4 Å². The number of benzene rings is 1. The Morgan fingerprint density at radius 1 is 1.40 bits per heavy atom. The number of imide groups is 1. The minimum Gasteiger partial charge on any atom is -0.492 e. The summed E-state index contributed by atoms with van der Waals surface area (Å²) in [5.74, 6) is -0.191. The van der Waals surface area contributed by atoms with Gasteiger partial charge in [-0.1, -0.05) is 18.2 Å². The average molecular weight is 206 g/mol. The highest BCUT2D eigenvalue weighted by Gasteiger charge is 2.30. The van der Waals surface area contributed by atoms with Crippen molar-refractivity contribution in [3.05, 3.63) is 29.8 Å². The van der Waals surface area contributed by atoms with Crippen LogP contribution in [-0.2, 0) is 4.79 Å². The lowest BCUT2D eigenvalue weighted by Crippen LogP contribution is -2.38. The number of nitrogens with two attached hydrogens (primary N) is 1. The lowest BCUT2D eigenvalue weighted by molar-refractivity contribution is -0.121. The molecule has 1 aromatic carbocycles. The van der Waals surface area contributed by atoms with Crippen LogP contribution < -0.4 is 15.8 Å². The van der Waals surface area contributed by atoms with Crippen LogP contribution in [-0.4, -0.2) is 18.5 Å². The number of rotatable bonds is 1. The van der Waals surface area contributed by atoms with Crippen LogP contribution >= 0.6 is 0 Å². The van der Waals surface area contributed by atoms with Gasteiger partial charge in [0.2, 0.25) is 5.91 Å². The lowest BCUT2D eigenvalue weighted by Gasteiger charge is -2.06. The molecule has 1 aliphatic rings. The third-order valence-electron chi connectivity index (χ3n) is 2.26. The van der Waals surface area contributed by atoms with Crippen molar-refractivity contribution in [2.75, 3.05) is 6.61 Å². The summed E-state index contributed by atoms with van der Waals surface area (Å²) in [6.45, 7) is 0.248. The molecule has 0 bridgehead atoms.